The number of nitrogens with zero attached hydrogens (tertiary/aromatic N) is 3. The average molecular weight is 1050 g/mol. The van der Waals surface area contributed by atoms with Gasteiger partial charge in [0.1, 0.15) is 36.3 Å². The van der Waals surface area contributed by atoms with Gasteiger partial charge in [0.25, 0.3) is 11.5 Å². The van der Waals surface area contributed by atoms with Gasteiger partial charge in [0, 0.05) is 30.0 Å². The minimum Gasteiger partial charge on any atom is -0.481 e. The highest BCUT2D eigenvalue weighted by molar-refractivity contribution is 7.80. The Hall–Kier alpha value is -9.17. The molecule has 3 rings (SSSR count). The third-order valence-corrected chi connectivity index (χ3v) is 10.2. The zero-order chi connectivity index (χ0) is 54.5. The Morgan fingerprint density at radius 3 is 1.68 bits per heavy atom. The number of H-pyrrole nitrogens is 1. The fraction of sp³-hybridized carbons (Fsp3) is 0.400. The van der Waals surface area contributed by atoms with E-state index in [1.807, 2.05) is 16.0 Å². The number of nitrogen functional groups attached to an aromatic ring is 1. The number of benzene rings is 1. The van der Waals surface area contributed by atoms with Crippen molar-refractivity contribution in [3.8, 4) is 0 Å². The number of hydrogen-bond acceptors (Lipinski definition) is 19. The van der Waals surface area contributed by atoms with Crippen molar-refractivity contribution in [2.24, 2.45) is 5.73 Å². The molecule has 394 valence electrons. The number of carbonyl (C=O) groups excluding carboxylic acids is 6. The summed E-state index contributed by atoms with van der Waals surface area (Å²) in [6, 6.07) is -5.54. The van der Waals surface area contributed by atoms with Gasteiger partial charge >= 0.3 is 29.8 Å². The Kier molecular flexibility index (Phi) is 22.2. The van der Waals surface area contributed by atoms with E-state index in [-0.39, 0.29) is 42.2 Å². The lowest BCUT2D eigenvalue weighted by Crippen LogP contribution is -2.59. The fourth-order valence-electron chi connectivity index (χ4n) is 6.25. The zero-order valence-electron chi connectivity index (χ0n) is 38.0. The number of aromatic nitrogens is 4. The van der Waals surface area contributed by atoms with Gasteiger partial charge in [-0.2, -0.15) is 17.6 Å². The molecule has 0 saturated heterocycles. The molecule has 0 spiro atoms. The number of nitrogens with two attached hydrogens (primary N) is 2. The first-order valence-electron chi connectivity index (χ1n) is 21.3. The summed E-state index contributed by atoms with van der Waals surface area (Å²) in [7, 11) is 0. The topological polar surface area (TPSA) is 533 Å². The maximum atomic E-state index is 13.7. The molecule has 2 heterocycles. The second kappa shape index (κ2) is 27.9. The van der Waals surface area contributed by atoms with Crippen LogP contribution in [0.25, 0.3) is 11.2 Å². The lowest BCUT2D eigenvalue weighted by atomic mass is 10.1. The largest absolute Gasteiger partial charge is 0.481 e. The molecule has 19 N–H and O–H groups in total. The molecule has 0 saturated carbocycles. The first-order chi connectivity index (χ1) is 34.4. The van der Waals surface area contributed by atoms with Crippen molar-refractivity contribution in [3.05, 3.63) is 52.1 Å². The Bertz CT molecular complexity index is 2650. The van der Waals surface area contributed by atoms with Gasteiger partial charge in [0.2, 0.25) is 35.5 Å². The van der Waals surface area contributed by atoms with Gasteiger partial charge in [-0.15, -0.1) is 0 Å². The number of thiol groups is 1. The van der Waals surface area contributed by atoms with Crippen LogP contribution in [0.3, 0.4) is 0 Å². The molecule has 2 aromatic heterocycles. The van der Waals surface area contributed by atoms with Gasteiger partial charge in [-0.3, -0.25) is 58.3 Å². The summed E-state index contributed by atoms with van der Waals surface area (Å²) in [4.78, 5) is 165. The highest BCUT2D eigenvalue weighted by Gasteiger charge is 2.35. The molecule has 32 nitrogen and oxygen atoms in total. The minimum atomic E-state index is -2.10. The highest BCUT2D eigenvalue weighted by Crippen LogP contribution is 2.13. The van der Waals surface area contributed by atoms with Crippen molar-refractivity contribution in [1.82, 2.24) is 57.2 Å². The van der Waals surface area contributed by atoms with Gasteiger partial charge in [-0.25, -0.2) is 19.6 Å². The first kappa shape index (κ1) is 58.1. The molecule has 33 heteroatoms. The van der Waals surface area contributed by atoms with E-state index in [0.717, 1.165) is 0 Å². The van der Waals surface area contributed by atoms with Crippen molar-refractivity contribution in [2.75, 3.05) is 23.3 Å². The van der Waals surface area contributed by atoms with E-state index in [2.05, 4.69) is 59.1 Å². The number of fused-ring (bicyclic) bond motifs is 1. The van der Waals surface area contributed by atoms with Gasteiger partial charge in [-0.1, -0.05) is 0 Å². The number of nitrogens with one attached hydrogen (secondary N) is 10. The molecule has 0 unspecified atom stereocenters. The van der Waals surface area contributed by atoms with E-state index in [9.17, 15) is 83.1 Å². The van der Waals surface area contributed by atoms with E-state index >= 15 is 0 Å². The number of aliphatic carboxylic acids is 5. The third-order valence-electron chi connectivity index (χ3n) is 9.84. The van der Waals surface area contributed by atoms with E-state index in [1.54, 1.807) is 0 Å². The summed E-state index contributed by atoms with van der Waals surface area (Å²) in [5, 5.41) is 72.8. The van der Waals surface area contributed by atoms with Crippen LogP contribution in [0.2, 0.25) is 0 Å². The van der Waals surface area contributed by atoms with Crippen molar-refractivity contribution in [2.45, 2.75) is 87.7 Å². The van der Waals surface area contributed by atoms with Crippen molar-refractivity contribution in [3.63, 3.8) is 0 Å². The third kappa shape index (κ3) is 19.6. The summed E-state index contributed by atoms with van der Waals surface area (Å²) in [5.74, 6) is -16.6. The molecule has 0 aliphatic rings. The number of guanidine groups is 1. The molecular weight excluding hydrogens is 995 g/mol. The van der Waals surface area contributed by atoms with Crippen LogP contribution in [0.15, 0.2) is 35.3 Å². The molecule has 0 aliphatic heterocycles. The standard InChI is InChI=1S/C40H51N15O17S/c41-39(42)44-9-1-2-19(32(64)51-22(11-27(59)60)34(66)52-23(12-28(61)62)35(67)53-24(15-73)38(71)72)49-33(65)21(10-26(57)58)48-25(56)8-7-20(37(69)70)50-31(63)16-3-5-17(6-4-16)45-13-18-14-46-30-29(47-18)36(68)55-40(43)54-30/h3-6,14,19-24,45,73H,1-2,7-13,15H2,(H,48,56)(H,49,65)(H,50,63)(H,51,64)(H,52,66)(H,53,67)(H,57,58)(H,59,60)(H,61,62)(H,69,70)(H,71,72)(H4,41,42,44)(H3,43,46,54,55,68)/t19-,20+,21+,22-,23-,24-/m0/s1. The quantitative estimate of drug-likeness (QED) is 0.0129. The fourth-order valence-corrected chi connectivity index (χ4v) is 6.50. The average Bonchev–Trinajstić information content (AvgIpc) is 3.30. The second-order valence-corrected chi connectivity index (χ2v) is 15.8. The Labute approximate surface area is 415 Å². The van der Waals surface area contributed by atoms with Gasteiger partial charge < -0.3 is 79.5 Å². The summed E-state index contributed by atoms with van der Waals surface area (Å²) in [6.07, 6.45) is -3.88. The Morgan fingerprint density at radius 2 is 1.18 bits per heavy atom. The minimum absolute atomic E-state index is 0.00363. The molecule has 1 aromatic carbocycles. The summed E-state index contributed by atoms with van der Waals surface area (Å²) in [5.41, 5.74) is 11.0. The van der Waals surface area contributed by atoms with Gasteiger partial charge in [-0.05, 0) is 43.5 Å². The van der Waals surface area contributed by atoms with Crippen molar-refractivity contribution < 1.29 is 78.3 Å². The number of rotatable bonds is 30. The van der Waals surface area contributed by atoms with E-state index < -0.39 is 157 Å². The summed E-state index contributed by atoms with van der Waals surface area (Å²) < 4.78 is 0. The number of carboxylic acid groups (broad SMARTS) is 5. The molecule has 0 radical (unpaired) electrons. The maximum absolute atomic E-state index is 13.7. The van der Waals surface area contributed by atoms with E-state index in [0.29, 0.717) is 11.4 Å². The monoisotopic (exact) mass is 1050 g/mol. The van der Waals surface area contributed by atoms with Crippen molar-refractivity contribution >= 4 is 107 Å². The number of aromatic amines is 1. The second-order valence-electron chi connectivity index (χ2n) is 15.5. The lowest BCUT2D eigenvalue weighted by molar-refractivity contribution is -0.144. The van der Waals surface area contributed by atoms with Crippen LogP contribution in [0, 0.1) is 5.41 Å². The molecule has 3 aromatic rings. The molecule has 6 atom stereocenters. The van der Waals surface area contributed by atoms with Crippen LogP contribution in [0.4, 0.5) is 11.6 Å². The normalized spacial score (nSPS) is 13.2. The predicted molar refractivity (Wildman–Crippen MR) is 251 cm³/mol. The van der Waals surface area contributed by atoms with Crippen LogP contribution in [-0.4, -0.2) is 165 Å². The SMILES string of the molecule is N=C(N)NCCC[C@H](NC(=O)[C@@H](CC(=O)O)NC(=O)CC[C@@H](NC(=O)c1ccc(NCc2cnc3nc(N)[nH]c(=O)c3n2)cc1)C(=O)O)C(=O)N[C@@H](CC(=O)O)C(=O)N[C@@H](CC(=O)O)C(=O)N[C@@H](CS)C(=O)O. The van der Waals surface area contributed by atoms with E-state index in [4.69, 9.17) is 16.9 Å². The van der Waals surface area contributed by atoms with Crippen LogP contribution in [0.1, 0.15) is 61.0 Å². The van der Waals surface area contributed by atoms with Crippen LogP contribution in [-0.2, 0) is 54.5 Å². The number of anilines is 2. The summed E-state index contributed by atoms with van der Waals surface area (Å²) >= 11 is 3.78. The Morgan fingerprint density at radius 1 is 0.671 bits per heavy atom. The van der Waals surface area contributed by atoms with Gasteiger partial charge in [0.05, 0.1) is 37.7 Å². The van der Waals surface area contributed by atoms with Crippen LogP contribution in [0.5, 0.6) is 0 Å². The molecule has 0 aliphatic carbocycles. The van der Waals surface area contributed by atoms with Gasteiger partial charge in [0.15, 0.2) is 17.1 Å². The molecular formula is C40H51N15O17S. The first-order valence-corrected chi connectivity index (χ1v) is 22.0. The highest BCUT2D eigenvalue weighted by atomic mass is 32.1. The van der Waals surface area contributed by atoms with Crippen LogP contribution >= 0.6 is 12.6 Å². The molecule has 0 bridgehead atoms. The maximum Gasteiger partial charge on any atom is 0.327 e. The molecule has 6 amide bonds. The Balaban J connectivity index is 1.70. The molecule has 0 fully saturated rings. The number of carbonyl (C=O) groups is 11. The number of amides is 6. The number of carboxylic acids is 5. The smallest absolute Gasteiger partial charge is 0.327 e. The molecule has 73 heavy (non-hydrogen) atoms. The zero-order valence-corrected chi connectivity index (χ0v) is 38.9. The summed E-state index contributed by atoms with van der Waals surface area (Å²) in [6.45, 7) is -0.0194. The van der Waals surface area contributed by atoms with Crippen LogP contribution < -0.4 is 59.6 Å². The predicted octanol–water partition coefficient (Wildman–Crippen LogP) is -5.00. The lowest BCUT2D eigenvalue weighted by Gasteiger charge is -2.26. The van der Waals surface area contributed by atoms with E-state index in [1.165, 1.54) is 30.5 Å². The van der Waals surface area contributed by atoms with Crippen molar-refractivity contribution in [1.29, 1.82) is 5.41 Å². The number of hydrogen-bond donors (Lipinski definition) is 18.